The third kappa shape index (κ3) is 10.2. The highest BCUT2D eigenvalue weighted by Crippen LogP contribution is 2.15. The maximum atomic E-state index is 12.8. The molecule has 0 radical (unpaired) electrons. The standard InChI is InChI=1S/C27H37N3O6/c1-3-5-15-35-25(33)23(17-19-7-11-21(31)12-8-19)29-27(28)30-24(26(34)36-16-6-4-2)18-20-9-13-22(32)14-10-20/h7-14,23-24,31-32H,3-6,15-18H2,1-2H3,(H3,28,29,30). The number of carbonyl (C=O) groups excluding carboxylic acids is 2. The monoisotopic (exact) mass is 499 g/mol. The van der Waals surface area contributed by atoms with Crippen LogP contribution in [-0.4, -0.2) is 53.4 Å². The molecular formula is C27H37N3O6. The van der Waals surface area contributed by atoms with Crippen molar-refractivity contribution in [1.29, 1.82) is 0 Å². The molecule has 2 aromatic rings. The van der Waals surface area contributed by atoms with Crippen LogP contribution in [-0.2, 0) is 31.9 Å². The van der Waals surface area contributed by atoms with Gasteiger partial charge in [-0.15, -0.1) is 0 Å². The molecule has 2 atom stereocenters. The average molecular weight is 500 g/mol. The highest BCUT2D eigenvalue weighted by Gasteiger charge is 2.24. The second-order valence-corrected chi connectivity index (χ2v) is 8.51. The van der Waals surface area contributed by atoms with Crippen LogP contribution < -0.4 is 11.1 Å². The molecule has 0 saturated carbocycles. The highest BCUT2D eigenvalue weighted by atomic mass is 16.5. The molecule has 0 fully saturated rings. The fourth-order valence-corrected chi connectivity index (χ4v) is 3.31. The van der Waals surface area contributed by atoms with Crippen molar-refractivity contribution in [3.63, 3.8) is 0 Å². The first kappa shape index (κ1) is 28.5. The van der Waals surface area contributed by atoms with Crippen LogP contribution in [0.4, 0.5) is 0 Å². The molecule has 2 unspecified atom stereocenters. The van der Waals surface area contributed by atoms with E-state index in [0.717, 1.165) is 36.8 Å². The number of aliphatic imine (C=N–C) groups is 1. The lowest BCUT2D eigenvalue weighted by molar-refractivity contribution is -0.146. The summed E-state index contributed by atoms with van der Waals surface area (Å²) in [6.45, 7) is 4.55. The lowest BCUT2D eigenvalue weighted by Gasteiger charge is -2.20. The SMILES string of the molecule is CCCCOC(=O)C(Cc1ccc(O)cc1)N=C(N)NC(Cc1ccc(O)cc1)C(=O)OCCCC. The van der Waals surface area contributed by atoms with Crippen LogP contribution in [0.1, 0.15) is 50.7 Å². The molecule has 9 nitrogen and oxygen atoms in total. The van der Waals surface area contributed by atoms with Gasteiger partial charge in [0, 0.05) is 12.8 Å². The van der Waals surface area contributed by atoms with Gasteiger partial charge in [-0.05, 0) is 48.2 Å². The largest absolute Gasteiger partial charge is 0.508 e. The van der Waals surface area contributed by atoms with E-state index in [-0.39, 0.29) is 43.5 Å². The average Bonchev–Trinajstić information content (AvgIpc) is 2.86. The van der Waals surface area contributed by atoms with Gasteiger partial charge in [-0.2, -0.15) is 0 Å². The maximum Gasteiger partial charge on any atom is 0.331 e. The Morgan fingerprint density at radius 3 is 1.81 bits per heavy atom. The number of carbonyl (C=O) groups is 2. The minimum atomic E-state index is -0.940. The predicted molar refractivity (Wildman–Crippen MR) is 138 cm³/mol. The first-order valence-electron chi connectivity index (χ1n) is 12.3. The van der Waals surface area contributed by atoms with Crippen LogP contribution in [0.2, 0.25) is 0 Å². The van der Waals surface area contributed by atoms with Crippen LogP contribution >= 0.6 is 0 Å². The molecule has 0 saturated heterocycles. The number of nitrogens with zero attached hydrogens (tertiary/aromatic N) is 1. The summed E-state index contributed by atoms with van der Waals surface area (Å²) in [7, 11) is 0. The van der Waals surface area contributed by atoms with Crippen molar-refractivity contribution in [1.82, 2.24) is 5.32 Å². The molecule has 0 aliphatic heterocycles. The van der Waals surface area contributed by atoms with Crippen molar-refractivity contribution >= 4 is 17.9 Å². The molecule has 2 aromatic carbocycles. The molecule has 0 bridgehead atoms. The molecule has 0 spiro atoms. The Hall–Kier alpha value is -3.75. The van der Waals surface area contributed by atoms with E-state index in [9.17, 15) is 19.8 Å². The third-order valence-corrected chi connectivity index (χ3v) is 5.40. The van der Waals surface area contributed by atoms with E-state index in [1.807, 2.05) is 13.8 Å². The summed E-state index contributed by atoms with van der Waals surface area (Å²) in [5.74, 6) is -0.878. The molecule has 0 amide bonds. The van der Waals surface area contributed by atoms with Crippen molar-refractivity contribution in [3.05, 3.63) is 59.7 Å². The first-order chi connectivity index (χ1) is 17.3. The number of nitrogens with two attached hydrogens (primary N) is 1. The number of unbranched alkanes of at least 4 members (excludes halogenated alkanes) is 2. The molecule has 0 aliphatic carbocycles. The Balaban J connectivity index is 2.21. The number of aromatic hydroxyl groups is 2. The summed E-state index contributed by atoms with van der Waals surface area (Å²) in [5, 5.41) is 22.0. The summed E-state index contributed by atoms with van der Waals surface area (Å²) < 4.78 is 10.8. The number of ether oxygens (including phenoxy) is 2. The van der Waals surface area contributed by atoms with Gasteiger partial charge in [0.2, 0.25) is 0 Å². The zero-order chi connectivity index (χ0) is 26.3. The number of guanidine groups is 1. The second kappa shape index (κ2) is 15.3. The smallest absolute Gasteiger partial charge is 0.331 e. The van der Waals surface area contributed by atoms with Gasteiger partial charge >= 0.3 is 11.9 Å². The summed E-state index contributed by atoms with van der Waals surface area (Å²) >= 11 is 0. The van der Waals surface area contributed by atoms with E-state index in [0.29, 0.717) is 0 Å². The molecule has 9 heteroatoms. The van der Waals surface area contributed by atoms with E-state index >= 15 is 0 Å². The summed E-state index contributed by atoms with van der Waals surface area (Å²) in [4.78, 5) is 29.9. The van der Waals surface area contributed by atoms with Crippen molar-refractivity contribution in [2.24, 2.45) is 10.7 Å². The van der Waals surface area contributed by atoms with Crippen molar-refractivity contribution < 1.29 is 29.3 Å². The quantitative estimate of drug-likeness (QED) is 0.134. The number of nitrogens with one attached hydrogen (secondary N) is 1. The van der Waals surface area contributed by atoms with Crippen LogP contribution in [0.25, 0.3) is 0 Å². The minimum Gasteiger partial charge on any atom is -0.508 e. The van der Waals surface area contributed by atoms with Gasteiger partial charge in [0.25, 0.3) is 0 Å². The fourth-order valence-electron chi connectivity index (χ4n) is 3.31. The number of rotatable bonds is 14. The van der Waals surface area contributed by atoms with Crippen molar-refractivity contribution in [2.75, 3.05) is 13.2 Å². The summed E-state index contributed by atoms with van der Waals surface area (Å²) in [6.07, 6.45) is 3.67. The number of hydrogen-bond acceptors (Lipinski definition) is 7. The molecule has 0 heterocycles. The van der Waals surface area contributed by atoms with Crippen molar-refractivity contribution in [3.8, 4) is 11.5 Å². The number of esters is 2. The highest BCUT2D eigenvalue weighted by molar-refractivity contribution is 5.88. The maximum absolute atomic E-state index is 12.8. The Bertz CT molecular complexity index is 976. The van der Waals surface area contributed by atoms with Gasteiger partial charge < -0.3 is 30.7 Å². The van der Waals surface area contributed by atoms with Gasteiger partial charge in [0.05, 0.1) is 13.2 Å². The van der Waals surface area contributed by atoms with Crippen molar-refractivity contribution in [2.45, 2.75) is 64.5 Å². The lowest BCUT2D eigenvalue weighted by atomic mass is 10.1. The lowest BCUT2D eigenvalue weighted by Crippen LogP contribution is -2.47. The van der Waals surface area contributed by atoms with Gasteiger partial charge in [-0.3, -0.25) is 0 Å². The van der Waals surface area contributed by atoms with Gasteiger partial charge in [-0.1, -0.05) is 51.0 Å². The van der Waals surface area contributed by atoms with E-state index in [2.05, 4.69) is 10.3 Å². The van der Waals surface area contributed by atoms with Gasteiger partial charge in [0.1, 0.15) is 17.5 Å². The number of phenols is 2. The Morgan fingerprint density at radius 1 is 0.833 bits per heavy atom. The number of hydrogen-bond donors (Lipinski definition) is 4. The second-order valence-electron chi connectivity index (χ2n) is 8.51. The molecule has 0 aromatic heterocycles. The van der Waals surface area contributed by atoms with Gasteiger partial charge in [0.15, 0.2) is 12.0 Å². The zero-order valence-electron chi connectivity index (χ0n) is 21.0. The zero-order valence-corrected chi connectivity index (χ0v) is 21.0. The molecule has 36 heavy (non-hydrogen) atoms. The van der Waals surface area contributed by atoms with Crippen LogP contribution in [0.3, 0.4) is 0 Å². The third-order valence-electron chi connectivity index (χ3n) is 5.40. The van der Waals surface area contributed by atoms with E-state index in [4.69, 9.17) is 15.2 Å². The molecule has 196 valence electrons. The van der Waals surface area contributed by atoms with E-state index in [1.54, 1.807) is 24.3 Å². The Morgan fingerprint density at radius 2 is 1.31 bits per heavy atom. The predicted octanol–water partition coefficient (Wildman–Crippen LogP) is 3.21. The van der Waals surface area contributed by atoms with E-state index in [1.165, 1.54) is 24.3 Å². The summed E-state index contributed by atoms with van der Waals surface area (Å²) in [5.41, 5.74) is 7.71. The number of phenolic OH excluding ortho intramolecular Hbond substituents is 2. The molecule has 2 rings (SSSR count). The Kier molecular flexibility index (Phi) is 12.1. The molecular weight excluding hydrogens is 462 g/mol. The number of benzene rings is 2. The first-order valence-corrected chi connectivity index (χ1v) is 12.3. The van der Waals surface area contributed by atoms with Crippen LogP contribution in [0.5, 0.6) is 11.5 Å². The fraction of sp³-hybridized carbons (Fsp3) is 0.444. The van der Waals surface area contributed by atoms with Crippen LogP contribution in [0, 0.1) is 0 Å². The Labute approximate surface area is 212 Å². The van der Waals surface area contributed by atoms with Gasteiger partial charge in [-0.25, -0.2) is 14.6 Å². The van der Waals surface area contributed by atoms with E-state index < -0.39 is 24.0 Å². The normalized spacial score (nSPS) is 13.0. The minimum absolute atomic E-state index is 0.0950. The van der Waals surface area contributed by atoms with Crippen LogP contribution in [0.15, 0.2) is 53.5 Å². The molecule has 0 aliphatic rings. The topological polar surface area (TPSA) is 143 Å². The molecule has 5 N–H and O–H groups in total. The summed E-state index contributed by atoms with van der Waals surface area (Å²) in [6, 6.07) is 11.1.